The first-order valence-electron chi connectivity index (χ1n) is 4.55. The van der Waals surface area contributed by atoms with E-state index < -0.39 is 4.92 Å². The fourth-order valence-corrected chi connectivity index (χ4v) is 2.06. The molecule has 0 N–H and O–H groups in total. The third-order valence-corrected chi connectivity index (χ3v) is 3.33. The molecule has 0 aliphatic rings. The summed E-state index contributed by atoms with van der Waals surface area (Å²) in [5.41, 5.74) is 0.920. The lowest BCUT2D eigenvalue weighted by Crippen LogP contribution is -1.93. The molecule has 5 heteroatoms. The minimum Gasteiger partial charge on any atom is -0.258 e. The molecule has 0 saturated heterocycles. The van der Waals surface area contributed by atoms with E-state index in [0.29, 0.717) is 16.0 Å². The topological polar surface area (TPSA) is 43.1 Å². The van der Waals surface area contributed by atoms with E-state index in [1.165, 1.54) is 12.1 Å². The molecular weight excluding hydrogens is 234 g/mol. The van der Waals surface area contributed by atoms with Crippen LogP contribution < -0.4 is 0 Å². The van der Waals surface area contributed by atoms with Crippen molar-refractivity contribution in [3.8, 4) is 0 Å². The third kappa shape index (κ3) is 3.72. The fraction of sp³-hybridized carbons (Fsp3) is 0.400. The molecule has 0 aliphatic heterocycles. The Morgan fingerprint density at radius 1 is 1.53 bits per heavy atom. The normalized spacial score (nSPS) is 10.7. The molecule has 0 fully saturated rings. The Morgan fingerprint density at radius 2 is 2.20 bits per heavy atom. The summed E-state index contributed by atoms with van der Waals surface area (Å²) in [4.78, 5) is 10.2. The minimum absolute atomic E-state index is 0.0961. The lowest BCUT2D eigenvalue weighted by Gasteiger charge is -2.06. The van der Waals surface area contributed by atoms with Gasteiger partial charge in [0, 0.05) is 22.9 Å². The molecule has 1 rings (SSSR count). The molecule has 1 aromatic rings. The average Bonchev–Trinajstić information content (AvgIpc) is 2.16. The van der Waals surface area contributed by atoms with Gasteiger partial charge in [-0.05, 0) is 16.9 Å². The minimum atomic E-state index is -0.403. The Bertz CT molecular complexity index is 368. The van der Waals surface area contributed by atoms with Crippen LogP contribution in [0.15, 0.2) is 18.2 Å². The van der Waals surface area contributed by atoms with Crippen molar-refractivity contribution < 1.29 is 4.92 Å². The molecule has 0 aliphatic carbocycles. The Kier molecular flexibility index (Phi) is 4.42. The number of nitro groups is 1. The Balaban J connectivity index is 2.85. The number of thioether (sulfide) groups is 1. The second-order valence-electron chi connectivity index (χ2n) is 3.39. The van der Waals surface area contributed by atoms with Gasteiger partial charge in [-0.25, -0.2) is 0 Å². The Hall–Kier alpha value is -0.740. The second kappa shape index (κ2) is 5.37. The molecule has 0 bridgehead atoms. The summed E-state index contributed by atoms with van der Waals surface area (Å²) in [5, 5.41) is 11.6. The predicted octanol–water partition coefficient (Wildman–Crippen LogP) is 3.89. The van der Waals surface area contributed by atoms with Crippen LogP contribution in [0.25, 0.3) is 0 Å². The maximum absolute atomic E-state index is 10.6. The van der Waals surface area contributed by atoms with Gasteiger partial charge in [0.25, 0.3) is 5.69 Å². The van der Waals surface area contributed by atoms with Crippen LogP contribution >= 0.6 is 23.4 Å². The number of halogens is 1. The van der Waals surface area contributed by atoms with Crippen LogP contribution in [0.2, 0.25) is 5.02 Å². The molecule has 1 aromatic carbocycles. The number of nitrogens with zero attached hydrogens (tertiary/aromatic N) is 1. The van der Waals surface area contributed by atoms with Crippen molar-refractivity contribution >= 4 is 29.1 Å². The lowest BCUT2D eigenvalue weighted by molar-refractivity contribution is -0.384. The first kappa shape index (κ1) is 12.3. The molecule has 0 aromatic heterocycles. The summed E-state index contributed by atoms with van der Waals surface area (Å²) in [7, 11) is 0. The number of non-ortho nitro benzene ring substituents is 1. The summed E-state index contributed by atoms with van der Waals surface area (Å²) in [6, 6.07) is 4.54. The van der Waals surface area contributed by atoms with Gasteiger partial charge in [-0.15, -0.1) is 0 Å². The maximum atomic E-state index is 10.6. The average molecular weight is 246 g/mol. The van der Waals surface area contributed by atoms with E-state index in [0.717, 1.165) is 5.56 Å². The van der Waals surface area contributed by atoms with E-state index in [9.17, 15) is 10.1 Å². The zero-order valence-corrected chi connectivity index (χ0v) is 10.1. The van der Waals surface area contributed by atoms with Crippen LogP contribution in [0.1, 0.15) is 19.4 Å². The second-order valence-corrected chi connectivity index (χ2v) is 5.36. The van der Waals surface area contributed by atoms with Gasteiger partial charge in [0.15, 0.2) is 0 Å². The predicted molar refractivity (Wildman–Crippen MR) is 64.5 cm³/mol. The van der Waals surface area contributed by atoms with E-state index in [-0.39, 0.29) is 5.69 Å². The monoisotopic (exact) mass is 245 g/mol. The van der Waals surface area contributed by atoms with Gasteiger partial charge >= 0.3 is 0 Å². The number of benzene rings is 1. The van der Waals surface area contributed by atoms with Gasteiger partial charge in [0.05, 0.1) is 4.92 Å². The molecule has 0 saturated carbocycles. The molecule has 82 valence electrons. The summed E-state index contributed by atoms with van der Waals surface area (Å²) < 4.78 is 0. The van der Waals surface area contributed by atoms with Crippen molar-refractivity contribution in [1.82, 2.24) is 0 Å². The molecule has 15 heavy (non-hydrogen) atoms. The van der Waals surface area contributed by atoms with Gasteiger partial charge in [-0.1, -0.05) is 25.4 Å². The molecule has 3 nitrogen and oxygen atoms in total. The van der Waals surface area contributed by atoms with E-state index in [1.807, 2.05) is 0 Å². The summed E-state index contributed by atoms with van der Waals surface area (Å²) in [6.45, 7) is 4.16. The summed E-state index contributed by atoms with van der Waals surface area (Å²) in [5.74, 6) is 0.707. The molecular formula is C10H12ClNO2S. The zero-order chi connectivity index (χ0) is 11.4. The smallest absolute Gasteiger partial charge is 0.258 e. The SMILES string of the molecule is CC(C)SCc1cc([N+](=O)[O-])ccc1Cl. The highest BCUT2D eigenvalue weighted by Crippen LogP contribution is 2.27. The van der Waals surface area contributed by atoms with E-state index in [1.54, 1.807) is 17.8 Å². The van der Waals surface area contributed by atoms with Crippen LogP contribution in [0, 0.1) is 10.1 Å². The molecule has 0 heterocycles. The quantitative estimate of drug-likeness (QED) is 0.597. The largest absolute Gasteiger partial charge is 0.269 e. The highest BCUT2D eigenvalue weighted by atomic mass is 35.5. The van der Waals surface area contributed by atoms with Crippen molar-refractivity contribution in [1.29, 1.82) is 0 Å². The first-order valence-corrected chi connectivity index (χ1v) is 5.98. The van der Waals surface area contributed by atoms with Gasteiger partial charge < -0.3 is 0 Å². The summed E-state index contributed by atoms with van der Waals surface area (Å²) in [6.07, 6.45) is 0. The van der Waals surface area contributed by atoms with Crippen molar-refractivity contribution in [2.24, 2.45) is 0 Å². The zero-order valence-electron chi connectivity index (χ0n) is 8.57. The highest BCUT2D eigenvalue weighted by molar-refractivity contribution is 7.99. The van der Waals surface area contributed by atoms with Crippen molar-refractivity contribution in [2.75, 3.05) is 0 Å². The van der Waals surface area contributed by atoms with Crippen LogP contribution in [0.5, 0.6) is 0 Å². The molecule has 0 unspecified atom stereocenters. The maximum Gasteiger partial charge on any atom is 0.269 e. The highest BCUT2D eigenvalue weighted by Gasteiger charge is 2.09. The van der Waals surface area contributed by atoms with Gasteiger partial charge in [0.1, 0.15) is 0 Å². The summed E-state index contributed by atoms with van der Waals surface area (Å²) >= 11 is 7.66. The molecule has 0 spiro atoms. The van der Waals surface area contributed by atoms with Crippen molar-refractivity contribution in [3.63, 3.8) is 0 Å². The van der Waals surface area contributed by atoms with Gasteiger partial charge in [0.2, 0.25) is 0 Å². The van der Waals surface area contributed by atoms with Crippen LogP contribution in [-0.2, 0) is 5.75 Å². The standard InChI is InChI=1S/C10H12ClNO2S/c1-7(2)15-6-8-5-9(12(13)14)3-4-10(8)11/h3-5,7H,6H2,1-2H3. The van der Waals surface area contributed by atoms with Gasteiger partial charge in [-0.3, -0.25) is 10.1 Å². The number of hydrogen-bond donors (Lipinski definition) is 0. The number of nitro benzene ring substituents is 1. The van der Waals surface area contributed by atoms with Crippen molar-refractivity contribution in [3.05, 3.63) is 38.9 Å². The van der Waals surface area contributed by atoms with E-state index in [4.69, 9.17) is 11.6 Å². The Morgan fingerprint density at radius 3 is 2.73 bits per heavy atom. The lowest BCUT2D eigenvalue weighted by atomic mass is 10.2. The van der Waals surface area contributed by atoms with Crippen molar-refractivity contribution in [2.45, 2.75) is 24.9 Å². The molecule has 0 amide bonds. The van der Waals surface area contributed by atoms with E-state index >= 15 is 0 Å². The fourth-order valence-electron chi connectivity index (χ4n) is 1.04. The molecule has 0 atom stereocenters. The van der Waals surface area contributed by atoms with Gasteiger partial charge in [-0.2, -0.15) is 11.8 Å². The van der Waals surface area contributed by atoms with E-state index in [2.05, 4.69) is 13.8 Å². The Labute approximate surface area is 98.0 Å². The number of rotatable bonds is 4. The van der Waals surface area contributed by atoms with Crippen LogP contribution in [0.3, 0.4) is 0 Å². The molecule has 0 radical (unpaired) electrons. The van der Waals surface area contributed by atoms with Crippen LogP contribution in [-0.4, -0.2) is 10.2 Å². The third-order valence-electron chi connectivity index (χ3n) is 1.81. The number of hydrogen-bond acceptors (Lipinski definition) is 3. The van der Waals surface area contributed by atoms with Crippen LogP contribution in [0.4, 0.5) is 5.69 Å². The first-order chi connectivity index (χ1) is 7.00.